The number of aromatic nitrogens is 2. The van der Waals surface area contributed by atoms with E-state index in [0.717, 1.165) is 15.5 Å². The zero-order valence-electron chi connectivity index (χ0n) is 11.2. The van der Waals surface area contributed by atoms with Gasteiger partial charge in [0.15, 0.2) is 11.5 Å². The summed E-state index contributed by atoms with van der Waals surface area (Å²) in [6, 6.07) is 11.0. The Morgan fingerprint density at radius 1 is 1.19 bits per heavy atom. The van der Waals surface area contributed by atoms with Crippen LogP contribution < -0.4 is 10.1 Å². The third kappa shape index (κ3) is 2.75. The van der Waals surface area contributed by atoms with Gasteiger partial charge in [0.25, 0.3) is 0 Å². The van der Waals surface area contributed by atoms with Gasteiger partial charge in [-0.1, -0.05) is 22.0 Å². The Bertz CT molecular complexity index is 808. The summed E-state index contributed by atoms with van der Waals surface area (Å²) in [6.07, 6.45) is 1.45. The molecule has 0 amide bonds. The maximum absolute atomic E-state index is 9.81. The van der Waals surface area contributed by atoms with Gasteiger partial charge in [0.05, 0.1) is 12.6 Å². The summed E-state index contributed by atoms with van der Waals surface area (Å²) >= 11 is 3.43. The van der Waals surface area contributed by atoms with E-state index in [2.05, 4.69) is 31.2 Å². The number of ether oxygens (including phenoxy) is 1. The first kappa shape index (κ1) is 13.6. The van der Waals surface area contributed by atoms with Crippen LogP contribution in [0.25, 0.3) is 10.9 Å². The second-order valence-corrected chi connectivity index (χ2v) is 5.31. The molecule has 2 N–H and O–H groups in total. The van der Waals surface area contributed by atoms with Gasteiger partial charge in [-0.2, -0.15) is 0 Å². The van der Waals surface area contributed by atoms with Crippen molar-refractivity contribution in [1.29, 1.82) is 0 Å². The van der Waals surface area contributed by atoms with Crippen molar-refractivity contribution in [3.63, 3.8) is 0 Å². The molecular formula is C15H12BrN3O2. The summed E-state index contributed by atoms with van der Waals surface area (Å²) in [5, 5.41) is 13.8. The molecule has 0 aliphatic rings. The van der Waals surface area contributed by atoms with Crippen molar-refractivity contribution in [3.8, 4) is 11.5 Å². The molecule has 3 aromatic rings. The van der Waals surface area contributed by atoms with Crippen LogP contribution >= 0.6 is 15.9 Å². The summed E-state index contributed by atoms with van der Waals surface area (Å²) in [4.78, 5) is 8.42. The highest BCUT2D eigenvalue weighted by Gasteiger charge is 2.09. The number of benzene rings is 2. The average molecular weight is 346 g/mol. The molecule has 6 heteroatoms. The number of aromatic hydroxyl groups is 1. The van der Waals surface area contributed by atoms with E-state index in [0.29, 0.717) is 17.1 Å². The quantitative estimate of drug-likeness (QED) is 0.754. The number of hydrogen-bond donors (Lipinski definition) is 2. The van der Waals surface area contributed by atoms with E-state index >= 15 is 0 Å². The Labute approximate surface area is 129 Å². The van der Waals surface area contributed by atoms with Crippen LogP contribution in [0, 0.1) is 0 Å². The second-order valence-electron chi connectivity index (χ2n) is 4.40. The van der Waals surface area contributed by atoms with Crippen molar-refractivity contribution in [1.82, 2.24) is 9.97 Å². The van der Waals surface area contributed by atoms with Crippen LogP contribution in [0.4, 0.5) is 11.5 Å². The Morgan fingerprint density at radius 3 is 2.81 bits per heavy atom. The fraction of sp³-hybridized carbons (Fsp3) is 0.0667. The predicted octanol–water partition coefficient (Wildman–Crippen LogP) is 3.85. The molecule has 0 aliphatic carbocycles. The first-order valence-corrected chi connectivity index (χ1v) is 7.01. The zero-order valence-corrected chi connectivity index (χ0v) is 12.8. The van der Waals surface area contributed by atoms with Crippen LogP contribution in [0.15, 0.2) is 47.2 Å². The number of phenols is 1. The van der Waals surface area contributed by atoms with Crippen LogP contribution in [-0.4, -0.2) is 22.2 Å². The molecule has 0 atom stereocenters. The maximum Gasteiger partial charge on any atom is 0.161 e. The summed E-state index contributed by atoms with van der Waals surface area (Å²) < 4.78 is 6.11. The number of fused-ring (bicyclic) bond motifs is 1. The Morgan fingerprint density at radius 2 is 2.05 bits per heavy atom. The molecule has 0 unspecified atom stereocenters. The van der Waals surface area contributed by atoms with Gasteiger partial charge in [0.1, 0.15) is 12.1 Å². The number of nitrogens with zero attached hydrogens (tertiary/aromatic N) is 2. The smallest absolute Gasteiger partial charge is 0.161 e. The lowest BCUT2D eigenvalue weighted by Crippen LogP contribution is -1.96. The minimum absolute atomic E-state index is 0.0529. The molecule has 0 fully saturated rings. The first-order chi connectivity index (χ1) is 10.2. The molecule has 0 bridgehead atoms. The second kappa shape index (κ2) is 5.57. The lowest BCUT2D eigenvalue weighted by molar-refractivity contribution is 0.374. The van der Waals surface area contributed by atoms with Crippen molar-refractivity contribution in [2.75, 3.05) is 12.4 Å². The van der Waals surface area contributed by atoms with Crippen molar-refractivity contribution in [2.24, 2.45) is 0 Å². The minimum atomic E-state index is 0.0529. The normalized spacial score (nSPS) is 10.6. The number of hydrogen-bond acceptors (Lipinski definition) is 5. The lowest BCUT2D eigenvalue weighted by Gasteiger charge is -2.10. The predicted molar refractivity (Wildman–Crippen MR) is 85.2 cm³/mol. The first-order valence-electron chi connectivity index (χ1n) is 6.21. The fourth-order valence-corrected chi connectivity index (χ4v) is 2.44. The SMILES string of the molecule is COc1cc2c(Nc3cccc(Br)c3)ncnc2cc1O. The van der Waals surface area contributed by atoms with Crippen molar-refractivity contribution < 1.29 is 9.84 Å². The molecule has 0 aliphatic heterocycles. The molecular weight excluding hydrogens is 334 g/mol. The van der Waals surface area contributed by atoms with Gasteiger partial charge in [0.2, 0.25) is 0 Å². The van der Waals surface area contributed by atoms with E-state index in [1.165, 1.54) is 13.4 Å². The maximum atomic E-state index is 9.81. The molecule has 0 spiro atoms. The molecule has 106 valence electrons. The highest BCUT2D eigenvalue weighted by atomic mass is 79.9. The van der Waals surface area contributed by atoms with Gasteiger partial charge in [-0.15, -0.1) is 0 Å². The number of nitrogens with one attached hydrogen (secondary N) is 1. The molecule has 3 rings (SSSR count). The van der Waals surface area contributed by atoms with Crippen LogP contribution in [0.3, 0.4) is 0 Å². The van der Waals surface area contributed by atoms with Crippen LogP contribution in [0.5, 0.6) is 11.5 Å². The minimum Gasteiger partial charge on any atom is -0.504 e. The monoisotopic (exact) mass is 345 g/mol. The molecule has 21 heavy (non-hydrogen) atoms. The van der Waals surface area contributed by atoms with Gasteiger partial charge in [-0.25, -0.2) is 9.97 Å². The third-order valence-corrected chi connectivity index (χ3v) is 3.52. The molecule has 5 nitrogen and oxygen atoms in total. The van der Waals surface area contributed by atoms with Gasteiger partial charge in [0, 0.05) is 21.6 Å². The van der Waals surface area contributed by atoms with Crippen LogP contribution in [0.1, 0.15) is 0 Å². The Kier molecular flexibility index (Phi) is 3.62. The van der Waals surface area contributed by atoms with Crippen LogP contribution in [0.2, 0.25) is 0 Å². The topological polar surface area (TPSA) is 67.3 Å². The average Bonchev–Trinajstić information content (AvgIpc) is 2.47. The molecule has 2 aromatic carbocycles. The summed E-state index contributed by atoms with van der Waals surface area (Å²) in [6.45, 7) is 0. The number of rotatable bonds is 3. The van der Waals surface area contributed by atoms with E-state index in [4.69, 9.17) is 4.74 Å². The Balaban J connectivity index is 2.09. The molecule has 1 aromatic heterocycles. The number of halogens is 1. The summed E-state index contributed by atoms with van der Waals surface area (Å²) in [7, 11) is 1.51. The van der Waals surface area contributed by atoms with Gasteiger partial charge < -0.3 is 15.2 Å². The van der Waals surface area contributed by atoms with E-state index in [-0.39, 0.29) is 5.75 Å². The summed E-state index contributed by atoms with van der Waals surface area (Å²) in [5.41, 5.74) is 1.54. The highest BCUT2D eigenvalue weighted by molar-refractivity contribution is 9.10. The van der Waals surface area contributed by atoms with E-state index in [1.54, 1.807) is 12.1 Å². The largest absolute Gasteiger partial charge is 0.504 e. The molecule has 0 saturated heterocycles. The summed E-state index contributed by atoms with van der Waals surface area (Å²) in [5.74, 6) is 1.09. The van der Waals surface area contributed by atoms with Crippen LogP contribution in [-0.2, 0) is 0 Å². The van der Waals surface area contributed by atoms with Crippen molar-refractivity contribution in [2.45, 2.75) is 0 Å². The lowest BCUT2D eigenvalue weighted by atomic mass is 10.2. The van der Waals surface area contributed by atoms with Gasteiger partial charge in [-0.3, -0.25) is 0 Å². The zero-order chi connectivity index (χ0) is 14.8. The standard InChI is InChI=1S/C15H12BrN3O2/c1-21-14-6-11-12(7-13(14)20)17-8-18-15(11)19-10-4-2-3-9(16)5-10/h2-8,20H,1H3,(H,17,18,19). The molecule has 0 radical (unpaired) electrons. The number of phenolic OH excluding ortho intramolecular Hbond substituents is 1. The highest BCUT2D eigenvalue weighted by Crippen LogP contribution is 2.33. The third-order valence-electron chi connectivity index (χ3n) is 3.02. The van der Waals surface area contributed by atoms with E-state index < -0.39 is 0 Å². The molecule has 1 heterocycles. The van der Waals surface area contributed by atoms with E-state index in [9.17, 15) is 5.11 Å². The number of anilines is 2. The van der Waals surface area contributed by atoms with Crippen molar-refractivity contribution in [3.05, 3.63) is 47.2 Å². The van der Waals surface area contributed by atoms with Gasteiger partial charge in [-0.05, 0) is 24.3 Å². The Hall–Kier alpha value is -2.34. The van der Waals surface area contributed by atoms with E-state index in [1.807, 2.05) is 24.3 Å². The van der Waals surface area contributed by atoms with Crippen molar-refractivity contribution >= 4 is 38.3 Å². The van der Waals surface area contributed by atoms with Gasteiger partial charge >= 0.3 is 0 Å². The molecule has 0 saturated carbocycles. The number of methoxy groups -OCH3 is 1. The fourth-order valence-electron chi connectivity index (χ4n) is 2.04.